The van der Waals surface area contributed by atoms with Gasteiger partial charge < -0.3 is 19.4 Å². The van der Waals surface area contributed by atoms with E-state index in [1.54, 1.807) is 19.2 Å². The van der Waals surface area contributed by atoms with Crippen LogP contribution in [0.5, 0.6) is 11.5 Å². The van der Waals surface area contributed by atoms with Crippen LogP contribution in [0.15, 0.2) is 47.6 Å². The van der Waals surface area contributed by atoms with E-state index in [2.05, 4.69) is 15.5 Å². The lowest BCUT2D eigenvalue weighted by Gasteiger charge is -2.16. The van der Waals surface area contributed by atoms with Crippen LogP contribution in [0, 0.1) is 6.92 Å². The minimum absolute atomic E-state index is 0.150. The minimum atomic E-state index is -0.315. The number of benzene rings is 2. The number of aromatic nitrogens is 3. The Morgan fingerprint density at radius 1 is 1.26 bits per heavy atom. The molecule has 3 aromatic rings. The second kappa shape index (κ2) is 10.5. The number of thioether (sulfide) groups is 1. The summed E-state index contributed by atoms with van der Waals surface area (Å²) in [5, 5.41) is 12.8. The molecule has 1 amide bonds. The third-order valence-corrected chi connectivity index (χ3v) is 5.97. The van der Waals surface area contributed by atoms with Gasteiger partial charge in [0, 0.05) is 11.6 Å². The van der Waals surface area contributed by atoms with E-state index in [9.17, 15) is 4.79 Å². The zero-order chi connectivity index (χ0) is 22.4. The van der Waals surface area contributed by atoms with Gasteiger partial charge in [-0.3, -0.25) is 4.79 Å². The Morgan fingerprint density at radius 3 is 2.74 bits per heavy atom. The molecule has 1 heterocycles. The fourth-order valence-electron chi connectivity index (χ4n) is 3.02. The van der Waals surface area contributed by atoms with E-state index in [4.69, 9.17) is 21.1 Å². The Balaban J connectivity index is 1.65. The normalized spacial score (nSPS) is 11.8. The third-order valence-electron chi connectivity index (χ3n) is 4.58. The number of anilines is 1. The van der Waals surface area contributed by atoms with E-state index in [1.165, 1.54) is 11.8 Å². The minimum Gasteiger partial charge on any atom is -0.495 e. The van der Waals surface area contributed by atoms with Crippen LogP contribution in [0.1, 0.15) is 31.3 Å². The Bertz CT molecular complexity index is 1060. The maximum absolute atomic E-state index is 12.4. The lowest BCUT2D eigenvalue weighted by molar-refractivity contribution is -0.113. The number of rotatable bonds is 9. The van der Waals surface area contributed by atoms with Gasteiger partial charge in [0.15, 0.2) is 17.1 Å². The maximum Gasteiger partial charge on any atom is 0.234 e. The van der Waals surface area contributed by atoms with Crippen molar-refractivity contribution < 1.29 is 14.3 Å². The summed E-state index contributed by atoms with van der Waals surface area (Å²) in [4.78, 5) is 12.4. The lowest BCUT2D eigenvalue weighted by atomic mass is 10.2. The molecular weight excluding hydrogens is 436 g/mol. The largest absolute Gasteiger partial charge is 0.495 e. The van der Waals surface area contributed by atoms with Gasteiger partial charge in [-0.2, -0.15) is 0 Å². The number of aryl methyl sites for hydroxylation is 1. The van der Waals surface area contributed by atoms with Crippen molar-refractivity contribution in [2.75, 3.05) is 18.2 Å². The highest BCUT2D eigenvalue weighted by Crippen LogP contribution is 2.28. The standard InChI is InChI=1S/C22H25ClN4O3S/c1-5-27-21(15(3)30-16-10-11-17(23)14(2)12-16)25-26-22(27)31-13-20(28)24-18-8-6-7-9-19(18)29-4/h6-12,15H,5,13H2,1-4H3,(H,24,28). The van der Waals surface area contributed by atoms with Crippen LogP contribution in [0.4, 0.5) is 5.69 Å². The molecule has 0 aliphatic carbocycles. The topological polar surface area (TPSA) is 78.3 Å². The second-order valence-corrected chi connectivity index (χ2v) is 8.14. The summed E-state index contributed by atoms with van der Waals surface area (Å²) in [6.07, 6.45) is -0.315. The molecule has 9 heteroatoms. The number of ether oxygens (including phenoxy) is 2. The van der Waals surface area contributed by atoms with E-state index in [0.29, 0.717) is 39.7 Å². The highest BCUT2D eigenvalue weighted by atomic mass is 35.5. The molecule has 0 spiro atoms. The zero-order valence-electron chi connectivity index (χ0n) is 17.9. The highest BCUT2D eigenvalue weighted by molar-refractivity contribution is 7.99. The first-order valence-corrected chi connectivity index (χ1v) is 11.2. The van der Waals surface area contributed by atoms with E-state index in [0.717, 1.165) is 5.56 Å². The molecule has 0 radical (unpaired) electrons. The van der Waals surface area contributed by atoms with Crippen molar-refractivity contribution >= 4 is 35.0 Å². The quantitative estimate of drug-likeness (QED) is 0.445. The maximum atomic E-state index is 12.4. The SMILES string of the molecule is CCn1c(SCC(=O)Nc2ccccc2OC)nnc1C(C)Oc1ccc(Cl)c(C)c1. The number of amides is 1. The van der Waals surface area contributed by atoms with Gasteiger partial charge in [-0.05, 0) is 56.7 Å². The van der Waals surface area contributed by atoms with E-state index in [1.807, 2.05) is 55.7 Å². The zero-order valence-corrected chi connectivity index (χ0v) is 19.5. The Hall–Kier alpha value is -2.71. The van der Waals surface area contributed by atoms with Gasteiger partial charge in [0.05, 0.1) is 18.6 Å². The third kappa shape index (κ3) is 5.71. The highest BCUT2D eigenvalue weighted by Gasteiger charge is 2.20. The number of nitrogens with one attached hydrogen (secondary N) is 1. The van der Waals surface area contributed by atoms with Gasteiger partial charge in [0.25, 0.3) is 0 Å². The van der Waals surface area contributed by atoms with Gasteiger partial charge in [-0.15, -0.1) is 10.2 Å². The molecule has 0 fully saturated rings. The number of nitrogens with zero attached hydrogens (tertiary/aromatic N) is 3. The van der Waals surface area contributed by atoms with Gasteiger partial charge in [0.1, 0.15) is 11.5 Å². The van der Waals surface area contributed by atoms with Crippen molar-refractivity contribution in [1.29, 1.82) is 0 Å². The summed E-state index contributed by atoms with van der Waals surface area (Å²) in [6.45, 7) is 6.51. The molecule has 3 rings (SSSR count). The summed E-state index contributed by atoms with van der Waals surface area (Å²) in [7, 11) is 1.57. The van der Waals surface area contributed by atoms with E-state index >= 15 is 0 Å². The average molecular weight is 461 g/mol. The number of hydrogen-bond donors (Lipinski definition) is 1. The molecule has 0 saturated carbocycles. The van der Waals surface area contributed by atoms with Gasteiger partial charge >= 0.3 is 0 Å². The molecule has 31 heavy (non-hydrogen) atoms. The molecule has 1 unspecified atom stereocenters. The monoisotopic (exact) mass is 460 g/mol. The molecule has 2 aromatic carbocycles. The number of para-hydroxylation sites is 2. The van der Waals surface area contributed by atoms with Crippen LogP contribution in [0.3, 0.4) is 0 Å². The molecule has 0 aliphatic heterocycles. The van der Waals surface area contributed by atoms with Crippen LogP contribution in [-0.4, -0.2) is 33.5 Å². The van der Waals surface area contributed by atoms with Crippen LogP contribution >= 0.6 is 23.4 Å². The number of halogens is 1. The Morgan fingerprint density at radius 2 is 2.03 bits per heavy atom. The number of methoxy groups -OCH3 is 1. The Labute approximate surface area is 191 Å². The Kier molecular flexibility index (Phi) is 7.81. The predicted octanol–water partition coefficient (Wildman–Crippen LogP) is 5.14. The smallest absolute Gasteiger partial charge is 0.234 e. The summed E-state index contributed by atoms with van der Waals surface area (Å²) < 4.78 is 13.3. The van der Waals surface area contributed by atoms with Crippen molar-refractivity contribution in [3.63, 3.8) is 0 Å². The average Bonchev–Trinajstić information content (AvgIpc) is 3.18. The fourth-order valence-corrected chi connectivity index (χ4v) is 3.94. The number of carbonyl (C=O) groups is 1. The molecule has 7 nitrogen and oxygen atoms in total. The molecule has 0 bridgehead atoms. The van der Waals surface area contributed by atoms with Crippen LogP contribution in [0.2, 0.25) is 5.02 Å². The summed E-state index contributed by atoms with van der Waals surface area (Å²) >= 11 is 7.41. The molecule has 1 aromatic heterocycles. The molecular formula is C22H25ClN4O3S. The molecule has 1 atom stereocenters. The summed E-state index contributed by atoms with van der Waals surface area (Å²) in [5.41, 5.74) is 1.58. The van der Waals surface area contributed by atoms with Gasteiger partial charge in [0.2, 0.25) is 5.91 Å². The van der Waals surface area contributed by atoms with Crippen molar-refractivity contribution in [3.8, 4) is 11.5 Å². The van der Waals surface area contributed by atoms with Crippen molar-refractivity contribution in [2.24, 2.45) is 0 Å². The molecule has 0 saturated heterocycles. The number of hydrogen-bond acceptors (Lipinski definition) is 6. The van der Waals surface area contributed by atoms with Crippen LogP contribution in [-0.2, 0) is 11.3 Å². The van der Waals surface area contributed by atoms with E-state index < -0.39 is 0 Å². The van der Waals surface area contributed by atoms with Gasteiger partial charge in [-0.1, -0.05) is 35.5 Å². The summed E-state index contributed by atoms with van der Waals surface area (Å²) in [6, 6.07) is 12.8. The van der Waals surface area contributed by atoms with Crippen LogP contribution in [0.25, 0.3) is 0 Å². The summed E-state index contributed by atoms with van der Waals surface area (Å²) in [5.74, 6) is 2.07. The van der Waals surface area contributed by atoms with Crippen molar-refractivity contribution in [1.82, 2.24) is 14.8 Å². The fraction of sp³-hybridized carbons (Fsp3) is 0.318. The van der Waals surface area contributed by atoms with Crippen LogP contribution < -0.4 is 14.8 Å². The first-order valence-electron chi connectivity index (χ1n) is 9.84. The molecule has 164 valence electrons. The molecule has 1 N–H and O–H groups in total. The first kappa shape index (κ1) is 23.0. The second-order valence-electron chi connectivity index (χ2n) is 6.79. The van der Waals surface area contributed by atoms with Gasteiger partial charge in [-0.25, -0.2) is 0 Å². The molecule has 0 aliphatic rings. The number of carbonyl (C=O) groups excluding carboxylic acids is 1. The van der Waals surface area contributed by atoms with E-state index in [-0.39, 0.29) is 17.8 Å². The first-order chi connectivity index (χ1) is 14.9. The predicted molar refractivity (Wildman–Crippen MR) is 123 cm³/mol. The lowest BCUT2D eigenvalue weighted by Crippen LogP contribution is -2.16. The van der Waals surface area contributed by atoms with Crippen molar-refractivity contribution in [3.05, 3.63) is 58.9 Å². The van der Waals surface area contributed by atoms with Crippen molar-refractivity contribution in [2.45, 2.75) is 38.6 Å².